The number of nitrogens with zero attached hydrogens (tertiary/aromatic N) is 3. The van der Waals surface area contributed by atoms with Gasteiger partial charge in [-0.1, -0.05) is 6.92 Å². The topological polar surface area (TPSA) is 39.6 Å². The highest BCUT2D eigenvalue weighted by atomic mass is 19.4. The molecule has 1 aromatic heterocycles. The van der Waals surface area contributed by atoms with Gasteiger partial charge in [-0.05, 0) is 30.5 Å². The van der Waals surface area contributed by atoms with Gasteiger partial charge in [-0.15, -0.1) is 0 Å². The second-order valence-electron chi connectivity index (χ2n) is 6.03. The predicted molar refractivity (Wildman–Crippen MR) is 78.8 cm³/mol. The summed E-state index contributed by atoms with van der Waals surface area (Å²) in [4.78, 5) is 7.91. The summed E-state index contributed by atoms with van der Waals surface area (Å²) in [6.45, 7) is 4.80. The highest BCUT2D eigenvalue weighted by Crippen LogP contribution is 2.22. The maximum atomic E-state index is 12.6. The zero-order chi connectivity index (χ0) is 16.3. The van der Waals surface area contributed by atoms with Gasteiger partial charge >= 0.3 is 6.18 Å². The van der Waals surface area contributed by atoms with E-state index in [4.69, 9.17) is 0 Å². The smallest absolute Gasteiger partial charge is 0.392 e. The lowest BCUT2D eigenvalue weighted by molar-refractivity contribution is -0.146. The van der Waals surface area contributed by atoms with Gasteiger partial charge in [0, 0.05) is 31.9 Å². The van der Waals surface area contributed by atoms with Gasteiger partial charge in [-0.3, -0.25) is 4.90 Å². The van der Waals surface area contributed by atoms with Crippen molar-refractivity contribution in [3.8, 4) is 0 Å². The molecule has 0 aliphatic carbocycles. The minimum atomic E-state index is -4.17. The van der Waals surface area contributed by atoms with Crippen molar-refractivity contribution in [2.75, 3.05) is 37.6 Å². The number of aromatic nitrogens is 1. The maximum absolute atomic E-state index is 12.6. The SMILES string of the molecule is Cc1cc(CO)cc(N2CCN(CC(F)(F)F)CC(C)C2)n1. The Bertz CT molecular complexity index is 507. The lowest BCUT2D eigenvalue weighted by atomic mass is 10.1. The molecule has 22 heavy (non-hydrogen) atoms. The molecule has 4 nitrogen and oxygen atoms in total. The standard InChI is InChI=1S/C15H22F3N3O/c1-11-7-20(10-15(16,17)18)3-4-21(8-11)14-6-13(9-22)5-12(2)19-14/h5-6,11,22H,3-4,7-10H2,1-2H3. The van der Waals surface area contributed by atoms with Gasteiger partial charge in [0.1, 0.15) is 5.82 Å². The molecule has 0 bridgehead atoms. The summed E-state index contributed by atoms with van der Waals surface area (Å²) >= 11 is 0. The molecule has 1 N–H and O–H groups in total. The highest BCUT2D eigenvalue weighted by Gasteiger charge is 2.32. The summed E-state index contributed by atoms with van der Waals surface area (Å²) in [6, 6.07) is 3.61. The van der Waals surface area contributed by atoms with Crippen LogP contribution in [0, 0.1) is 12.8 Å². The van der Waals surface area contributed by atoms with Gasteiger partial charge in [-0.2, -0.15) is 13.2 Å². The number of aliphatic hydroxyl groups is 1. The first-order valence-electron chi connectivity index (χ1n) is 7.39. The molecule has 0 amide bonds. The molecule has 1 saturated heterocycles. The number of alkyl halides is 3. The first kappa shape index (κ1) is 17.0. The summed E-state index contributed by atoms with van der Waals surface area (Å²) < 4.78 is 37.7. The molecule has 0 aromatic carbocycles. The van der Waals surface area contributed by atoms with E-state index in [0.29, 0.717) is 26.2 Å². The van der Waals surface area contributed by atoms with Crippen LogP contribution in [0.5, 0.6) is 0 Å². The van der Waals surface area contributed by atoms with E-state index in [0.717, 1.165) is 17.1 Å². The molecule has 2 rings (SSSR count). The molecule has 1 aliphatic heterocycles. The van der Waals surface area contributed by atoms with E-state index in [1.807, 2.05) is 18.7 Å². The summed E-state index contributed by atoms with van der Waals surface area (Å²) in [5, 5.41) is 9.28. The molecule has 2 heterocycles. The van der Waals surface area contributed by atoms with Crippen LogP contribution in [0.3, 0.4) is 0 Å². The summed E-state index contributed by atoms with van der Waals surface area (Å²) in [5.41, 5.74) is 1.57. The van der Waals surface area contributed by atoms with Crippen LogP contribution in [-0.4, -0.2) is 53.9 Å². The average Bonchev–Trinajstić information content (AvgIpc) is 2.57. The monoisotopic (exact) mass is 317 g/mol. The highest BCUT2D eigenvalue weighted by molar-refractivity contribution is 5.43. The zero-order valence-electron chi connectivity index (χ0n) is 12.9. The number of halogens is 3. The molecular formula is C15H22F3N3O. The predicted octanol–water partition coefficient (Wildman–Crippen LogP) is 2.20. The lowest BCUT2D eigenvalue weighted by Gasteiger charge is -2.24. The molecule has 1 fully saturated rings. The quantitative estimate of drug-likeness (QED) is 0.928. The fourth-order valence-electron chi connectivity index (χ4n) is 2.90. The largest absolute Gasteiger partial charge is 0.401 e. The number of anilines is 1. The molecule has 1 aliphatic rings. The van der Waals surface area contributed by atoms with Crippen molar-refractivity contribution in [1.29, 1.82) is 0 Å². The Morgan fingerprint density at radius 2 is 2.00 bits per heavy atom. The average molecular weight is 317 g/mol. The summed E-state index contributed by atoms with van der Waals surface area (Å²) in [6.07, 6.45) is -4.17. The fraction of sp³-hybridized carbons (Fsp3) is 0.667. The van der Waals surface area contributed by atoms with Crippen molar-refractivity contribution >= 4 is 5.82 Å². The van der Waals surface area contributed by atoms with Gasteiger partial charge < -0.3 is 10.0 Å². The Morgan fingerprint density at radius 1 is 1.27 bits per heavy atom. The third kappa shape index (κ3) is 4.84. The number of aliphatic hydroxyl groups excluding tert-OH is 1. The fourth-order valence-corrected chi connectivity index (χ4v) is 2.90. The van der Waals surface area contributed by atoms with Gasteiger partial charge in [0.25, 0.3) is 0 Å². The Kier molecular flexibility index (Phi) is 5.28. The first-order chi connectivity index (χ1) is 10.3. The van der Waals surface area contributed by atoms with Crippen molar-refractivity contribution < 1.29 is 18.3 Å². The van der Waals surface area contributed by atoms with Crippen molar-refractivity contribution in [2.45, 2.75) is 26.6 Å². The zero-order valence-corrected chi connectivity index (χ0v) is 12.9. The van der Waals surface area contributed by atoms with E-state index >= 15 is 0 Å². The Morgan fingerprint density at radius 3 is 2.64 bits per heavy atom. The molecule has 1 atom stereocenters. The van der Waals surface area contributed by atoms with Crippen LogP contribution in [-0.2, 0) is 6.61 Å². The molecule has 0 saturated carbocycles. The van der Waals surface area contributed by atoms with Gasteiger partial charge in [0.2, 0.25) is 0 Å². The van der Waals surface area contributed by atoms with E-state index in [1.165, 1.54) is 4.90 Å². The van der Waals surface area contributed by atoms with Crippen LogP contribution in [0.2, 0.25) is 0 Å². The second-order valence-corrected chi connectivity index (χ2v) is 6.03. The van der Waals surface area contributed by atoms with Crippen molar-refractivity contribution in [3.05, 3.63) is 23.4 Å². The van der Waals surface area contributed by atoms with Crippen LogP contribution in [0.1, 0.15) is 18.2 Å². The van der Waals surface area contributed by atoms with E-state index in [2.05, 4.69) is 4.98 Å². The van der Waals surface area contributed by atoms with Gasteiger partial charge in [0.15, 0.2) is 0 Å². The Labute approximate surface area is 128 Å². The van der Waals surface area contributed by atoms with Crippen molar-refractivity contribution in [2.24, 2.45) is 5.92 Å². The van der Waals surface area contributed by atoms with E-state index in [1.54, 1.807) is 12.1 Å². The van der Waals surface area contributed by atoms with Crippen LogP contribution in [0.4, 0.5) is 19.0 Å². The van der Waals surface area contributed by atoms with E-state index < -0.39 is 12.7 Å². The molecule has 124 valence electrons. The Hall–Kier alpha value is -1.34. The first-order valence-corrected chi connectivity index (χ1v) is 7.39. The molecule has 0 radical (unpaired) electrons. The minimum absolute atomic E-state index is 0.0695. The normalized spacial score (nSPS) is 21.0. The third-order valence-corrected chi connectivity index (χ3v) is 3.70. The molecule has 1 aromatic rings. The summed E-state index contributed by atoms with van der Waals surface area (Å²) in [7, 11) is 0. The van der Waals surface area contributed by atoms with Crippen LogP contribution >= 0.6 is 0 Å². The van der Waals surface area contributed by atoms with Crippen molar-refractivity contribution in [3.63, 3.8) is 0 Å². The third-order valence-electron chi connectivity index (χ3n) is 3.70. The summed E-state index contributed by atoms with van der Waals surface area (Å²) in [5.74, 6) is 0.842. The number of aryl methyl sites for hydroxylation is 1. The molecule has 1 unspecified atom stereocenters. The second kappa shape index (κ2) is 6.83. The maximum Gasteiger partial charge on any atom is 0.401 e. The van der Waals surface area contributed by atoms with Crippen LogP contribution in [0.25, 0.3) is 0 Å². The number of pyridine rings is 1. The van der Waals surface area contributed by atoms with E-state index in [9.17, 15) is 18.3 Å². The van der Waals surface area contributed by atoms with Crippen LogP contribution < -0.4 is 4.90 Å². The number of rotatable bonds is 3. The van der Waals surface area contributed by atoms with Crippen molar-refractivity contribution in [1.82, 2.24) is 9.88 Å². The Balaban J connectivity index is 2.12. The van der Waals surface area contributed by atoms with Crippen LogP contribution in [0.15, 0.2) is 12.1 Å². The minimum Gasteiger partial charge on any atom is -0.392 e. The number of hydrogen-bond acceptors (Lipinski definition) is 4. The number of hydrogen-bond donors (Lipinski definition) is 1. The lowest BCUT2D eigenvalue weighted by Crippen LogP contribution is -2.38. The molecule has 0 spiro atoms. The van der Waals surface area contributed by atoms with Gasteiger partial charge in [-0.25, -0.2) is 4.98 Å². The van der Waals surface area contributed by atoms with Gasteiger partial charge in [0.05, 0.1) is 13.2 Å². The molecular weight excluding hydrogens is 295 g/mol. The van der Waals surface area contributed by atoms with E-state index in [-0.39, 0.29) is 12.5 Å². The molecule has 7 heteroatoms.